The standard InChI is InChI=1S/C11H20N2O4S/c1-2-12(7-9-3-4-9)18(16,17)13-6-5-10(8-13)11(14)15/h9-10H,2-8H2,1H3,(H,14,15). The quantitative estimate of drug-likeness (QED) is 0.760. The van der Waals surface area contributed by atoms with Crippen LogP contribution in [0.1, 0.15) is 26.2 Å². The maximum Gasteiger partial charge on any atom is 0.307 e. The highest BCUT2D eigenvalue weighted by molar-refractivity contribution is 7.86. The summed E-state index contributed by atoms with van der Waals surface area (Å²) in [5.41, 5.74) is 0. The van der Waals surface area contributed by atoms with Gasteiger partial charge in [-0.1, -0.05) is 6.92 Å². The number of hydrogen-bond donors (Lipinski definition) is 1. The molecule has 2 rings (SSSR count). The molecule has 0 spiro atoms. The van der Waals surface area contributed by atoms with Gasteiger partial charge in [-0.05, 0) is 25.2 Å². The Kier molecular flexibility index (Phi) is 3.93. The van der Waals surface area contributed by atoms with Crippen molar-refractivity contribution in [3.05, 3.63) is 0 Å². The summed E-state index contributed by atoms with van der Waals surface area (Å²) in [5, 5.41) is 8.91. The number of hydrogen-bond acceptors (Lipinski definition) is 3. The Balaban J connectivity index is 2.03. The number of rotatable bonds is 6. The average Bonchev–Trinajstić information content (AvgIpc) is 2.97. The molecule has 1 atom stereocenters. The van der Waals surface area contributed by atoms with Crippen LogP contribution in [0.4, 0.5) is 0 Å². The van der Waals surface area contributed by atoms with Crippen molar-refractivity contribution < 1.29 is 18.3 Å². The van der Waals surface area contributed by atoms with Gasteiger partial charge in [0.05, 0.1) is 5.92 Å². The molecule has 0 aromatic rings. The van der Waals surface area contributed by atoms with Gasteiger partial charge in [0.2, 0.25) is 0 Å². The number of carbonyl (C=O) groups is 1. The van der Waals surface area contributed by atoms with E-state index < -0.39 is 22.1 Å². The van der Waals surface area contributed by atoms with Crippen LogP contribution in [0.3, 0.4) is 0 Å². The molecule has 1 heterocycles. The molecule has 0 aromatic carbocycles. The molecule has 104 valence electrons. The van der Waals surface area contributed by atoms with E-state index in [9.17, 15) is 13.2 Å². The van der Waals surface area contributed by atoms with E-state index >= 15 is 0 Å². The van der Waals surface area contributed by atoms with Crippen molar-refractivity contribution in [1.82, 2.24) is 8.61 Å². The zero-order valence-corrected chi connectivity index (χ0v) is 11.4. The first-order chi connectivity index (χ1) is 8.45. The van der Waals surface area contributed by atoms with E-state index in [1.807, 2.05) is 6.92 Å². The highest BCUT2D eigenvalue weighted by Crippen LogP contribution is 2.31. The van der Waals surface area contributed by atoms with Crippen LogP contribution in [0.25, 0.3) is 0 Å². The van der Waals surface area contributed by atoms with Crippen molar-refractivity contribution in [3.63, 3.8) is 0 Å². The summed E-state index contributed by atoms with van der Waals surface area (Å²) in [6.45, 7) is 3.28. The van der Waals surface area contributed by atoms with Crippen molar-refractivity contribution in [1.29, 1.82) is 0 Å². The Morgan fingerprint density at radius 1 is 1.39 bits per heavy atom. The van der Waals surface area contributed by atoms with Gasteiger partial charge in [0.15, 0.2) is 0 Å². The lowest BCUT2D eigenvalue weighted by atomic mass is 10.1. The summed E-state index contributed by atoms with van der Waals surface area (Å²) in [6, 6.07) is 0. The molecule has 6 nitrogen and oxygen atoms in total. The lowest BCUT2D eigenvalue weighted by Gasteiger charge is -2.26. The van der Waals surface area contributed by atoms with Gasteiger partial charge in [-0.2, -0.15) is 17.0 Å². The van der Waals surface area contributed by atoms with Gasteiger partial charge in [0.1, 0.15) is 0 Å². The Labute approximate surface area is 108 Å². The molecular formula is C11H20N2O4S. The lowest BCUT2D eigenvalue weighted by Crippen LogP contribution is -2.43. The Bertz CT molecular complexity index is 419. The number of carboxylic acids is 1. The normalized spacial score (nSPS) is 25.8. The smallest absolute Gasteiger partial charge is 0.307 e. The molecule has 0 radical (unpaired) electrons. The van der Waals surface area contributed by atoms with E-state index in [1.165, 1.54) is 8.61 Å². The van der Waals surface area contributed by atoms with Crippen molar-refractivity contribution in [2.75, 3.05) is 26.2 Å². The summed E-state index contributed by atoms with van der Waals surface area (Å²) in [5.74, 6) is -0.963. The van der Waals surface area contributed by atoms with Crippen LogP contribution in [0.15, 0.2) is 0 Å². The molecule has 2 fully saturated rings. The van der Waals surface area contributed by atoms with Crippen LogP contribution in [0.2, 0.25) is 0 Å². The predicted octanol–water partition coefficient (Wildman–Crippen LogP) is 0.370. The zero-order valence-electron chi connectivity index (χ0n) is 10.6. The van der Waals surface area contributed by atoms with E-state index in [0.717, 1.165) is 12.8 Å². The lowest BCUT2D eigenvalue weighted by molar-refractivity contribution is -0.141. The van der Waals surface area contributed by atoms with Crippen molar-refractivity contribution in [2.45, 2.75) is 26.2 Å². The van der Waals surface area contributed by atoms with Crippen LogP contribution < -0.4 is 0 Å². The summed E-state index contributed by atoms with van der Waals surface area (Å²) >= 11 is 0. The first kappa shape index (κ1) is 13.8. The van der Waals surface area contributed by atoms with E-state index in [-0.39, 0.29) is 6.54 Å². The van der Waals surface area contributed by atoms with Crippen molar-refractivity contribution in [3.8, 4) is 0 Å². The monoisotopic (exact) mass is 276 g/mol. The van der Waals surface area contributed by atoms with Crippen molar-refractivity contribution >= 4 is 16.2 Å². The number of carboxylic acid groups (broad SMARTS) is 1. The molecule has 1 saturated heterocycles. The van der Waals surface area contributed by atoms with Gasteiger partial charge < -0.3 is 5.11 Å². The van der Waals surface area contributed by atoms with E-state index in [4.69, 9.17) is 5.11 Å². The zero-order chi connectivity index (χ0) is 13.3. The SMILES string of the molecule is CCN(CC1CC1)S(=O)(=O)N1CCC(C(=O)O)C1. The second-order valence-corrected chi connectivity index (χ2v) is 7.01. The molecule has 1 N–H and O–H groups in total. The van der Waals surface area contributed by atoms with Crippen LogP contribution >= 0.6 is 0 Å². The average molecular weight is 276 g/mol. The van der Waals surface area contributed by atoms with Crippen LogP contribution in [-0.4, -0.2) is 54.3 Å². The van der Waals surface area contributed by atoms with Gasteiger partial charge >= 0.3 is 5.97 Å². The molecule has 7 heteroatoms. The molecular weight excluding hydrogens is 256 g/mol. The van der Waals surface area contributed by atoms with Gasteiger partial charge in [-0.3, -0.25) is 4.79 Å². The minimum Gasteiger partial charge on any atom is -0.481 e. The third-order valence-corrected chi connectivity index (χ3v) is 5.71. The van der Waals surface area contributed by atoms with Crippen LogP contribution in [0.5, 0.6) is 0 Å². The Hall–Kier alpha value is -0.660. The molecule has 18 heavy (non-hydrogen) atoms. The van der Waals surface area contributed by atoms with E-state index in [2.05, 4.69) is 0 Å². The number of aliphatic carboxylic acids is 1. The molecule has 1 aliphatic heterocycles. The fourth-order valence-corrected chi connectivity index (χ4v) is 4.03. The van der Waals surface area contributed by atoms with Gasteiger partial charge in [0.25, 0.3) is 10.2 Å². The molecule has 0 amide bonds. The molecule has 2 aliphatic rings. The van der Waals surface area contributed by atoms with E-state index in [1.54, 1.807) is 0 Å². The summed E-state index contributed by atoms with van der Waals surface area (Å²) in [6.07, 6.45) is 2.61. The summed E-state index contributed by atoms with van der Waals surface area (Å²) < 4.78 is 27.5. The second-order valence-electron chi connectivity index (χ2n) is 5.08. The van der Waals surface area contributed by atoms with Crippen LogP contribution in [0, 0.1) is 11.8 Å². The maximum atomic E-state index is 12.4. The van der Waals surface area contributed by atoms with Crippen molar-refractivity contribution in [2.24, 2.45) is 11.8 Å². The Morgan fingerprint density at radius 2 is 2.06 bits per heavy atom. The topological polar surface area (TPSA) is 77.9 Å². The first-order valence-corrected chi connectivity index (χ1v) is 7.83. The molecule has 0 aromatic heterocycles. The predicted molar refractivity (Wildman–Crippen MR) is 66.2 cm³/mol. The van der Waals surface area contributed by atoms with Gasteiger partial charge in [0, 0.05) is 26.2 Å². The third kappa shape index (κ3) is 2.84. The largest absolute Gasteiger partial charge is 0.481 e. The molecule has 1 unspecified atom stereocenters. The number of nitrogens with zero attached hydrogens (tertiary/aromatic N) is 2. The highest BCUT2D eigenvalue weighted by atomic mass is 32.2. The fourth-order valence-electron chi connectivity index (χ4n) is 2.28. The minimum absolute atomic E-state index is 0.110. The maximum absolute atomic E-state index is 12.4. The highest BCUT2D eigenvalue weighted by Gasteiger charge is 2.39. The summed E-state index contributed by atoms with van der Waals surface area (Å²) in [4.78, 5) is 10.9. The second kappa shape index (κ2) is 5.14. The van der Waals surface area contributed by atoms with Crippen LogP contribution in [-0.2, 0) is 15.0 Å². The first-order valence-electron chi connectivity index (χ1n) is 6.43. The third-order valence-electron chi connectivity index (χ3n) is 3.66. The fraction of sp³-hybridized carbons (Fsp3) is 0.909. The molecule has 0 bridgehead atoms. The molecule has 1 aliphatic carbocycles. The van der Waals surface area contributed by atoms with E-state index in [0.29, 0.717) is 32.0 Å². The molecule has 1 saturated carbocycles. The summed E-state index contributed by atoms with van der Waals surface area (Å²) in [7, 11) is -3.47. The van der Waals surface area contributed by atoms with Gasteiger partial charge in [-0.15, -0.1) is 0 Å². The Morgan fingerprint density at radius 3 is 2.50 bits per heavy atom. The van der Waals surface area contributed by atoms with Gasteiger partial charge in [-0.25, -0.2) is 0 Å². The minimum atomic E-state index is -3.47.